The van der Waals surface area contributed by atoms with Gasteiger partial charge in [-0.15, -0.1) is 0 Å². The van der Waals surface area contributed by atoms with Crippen LogP contribution >= 0.6 is 0 Å². The van der Waals surface area contributed by atoms with Crippen molar-refractivity contribution in [2.75, 3.05) is 20.3 Å². The van der Waals surface area contributed by atoms with E-state index in [1.807, 2.05) is 37.3 Å². The summed E-state index contributed by atoms with van der Waals surface area (Å²) in [5, 5.41) is 2.73. The SMILES string of the molecule is COC1(C=O)COC[C@H](C)[C@@H]1NC(=O)OCc1ccccc1. The molecule has 1 aromatic rings. The smallest absolute Gasteiger partial charge is 0.407 e. The second kappa shape index (κ2) is 7.38. The third-order valence-corrected chi connectivity index (χ3v) is 3.87. The van der Waals surface area contributed by atoms with Crippen molar-refractivity contribution in [3.05, 3.63) is 35.9 Å². The van der Waals surface area contributed by atoms with Gasteiger partial charge in [0.2, 0.25) is 0 Å². The Hall–Kier alpha value is -1.92. The van der Waals surface area contributed by atoms with Crippen LogP contribution in [-0.2, 0) is 25.6 Å². The van der Waals surface area contributed by atoms with Gasteiger partial charge < -0.3 is 19.5 Å². The third kappa shape index (κ3) is 3.64. The molecular weight excluding hydrogens is 286 g/mol. The van der Waals surface area contributed by atoms with Gasteiger partial charge >= 0.3 is 6.09 Å². The lowest BCUT2D eigenvalue weighted by Crippen LogP contribution is -2.63. The lowest BCUT2D eigenvalue weighted by molar-refractivity contribution is -0.159. The Morgan fingerprint density at radius 2 is 2.18 bits per heavy atom. The van der Waals surface area contributed by atoms with E-state index in [4.69, 9.17) is 14.2 Å². The van der Waals surface area contributed by atoms with Crippen LogP contribution in [0.2, 0.25) is 0 Å². The Bertz CT molecular complexity index is 507. The maximum atomic E-state index is 12.0. The van der Waals surface area contributed by atoms with Crippen molar-refractivity contribution < 1.29 is 23.8 Å². The fraction of sp³-hybridized carbons (Fsp3) is 0.500. The number of benzene rings is 1. The van der Waals surface area contributed by atoms with Gasteiger partial charge in [-0.2, -0.15) is 0 Å². The molecule has 1 fully saturated rings. The Labute approximate surface area is 129 Å². The number of nitrogens with one attached hydrogen (secondary N) is 1. The first-order valence-corrected chi connectivity index (χ1v) is 7.18. The number of rotatable bonds is 5. The van der Waals surface area contributed by atoms with Gasteiger partial charge in [0.25, 0.3) is 0 Å². The summed E-state index contributed by atoms with van der Waals surface area (Å²) in [5.74, 6) is -0.0665. The molecule has 0 aliphatic carbocycles. The minimum Gasteiger partial charge on any atom is -0.445 e. The summed E-state index contributed by atoms with van der Waals surface area (Å²) >= 11 is 0. The zero-order chi connectivity index (χ0) is 16.0. The number of aldehydes is 1. The lowest BCUT2D eigenvalue weighted by atomic mass is 9.85. The molecular formula is C16H21NO5. The molecule has 0 bridgehead atoms. The Balaban J connectivity index is 1.97. The predicted octanol–water partition coefficient (Wildman–Crippen LogP) is 1.53. The molecule has 1 N–H and O–H groups in total. The van der Waals surface area contributed by atoms with E-state index in [1.165, 1.54) is 7.11 Å². The Kier molecular flexibility index (Phi) is 5.51. The van der Waals surface area contributed by atoms with Gasteiger partial charge in [0.1, 0.15) is 6.61 Å². The molecule has 0 saturated carbocycles. The monoisotopic (exact) mass is 307 g/mol. The van der Waals surface area contributed by atoms with Crippen LogP contribution in [0, 0.1) is 5.92 Å². The van der Waals surface area contributed by atoms with Crippen molar-refractivity contribution in [2.24, 2.45) is 5.92 Å². The molecule has 22 heavy (non-hydrogen) atoms. The number of carbonyl (C=O) groups is 2. The topological polar surface area (TPSA) is 73.9 Å². The molecule has 0 spiro atoms. The van der Waals surface area contributed by atoms with Gasteiger partial charge in [-0.25, -0.2) is 4.79 Å². The van der Waals surface area contributed by atoms with Crippen LogP contribution in [0.4, 0.5) is 4.79 Å². The van der Waals surface area contributed by atoms with Crippen LogP contribution in [0.3, 0.4) is 0 Å². The molecule has 1 amide bonds. The molecule has 0 radical (unpaired) electrons. The Morgan fingerprint density at radius 1 is 1.45 bits per heavy atom. The van der Waals surface area contributed by atoms with Gasteiger partial charge in [-0.3, -0.25) is 4.79 Å². The quantitative estimate of drug-likeness (QED) is 0.835. The molecule has 3 atom stereocenters. The molecule has 1 aliphatic heterocycles. The largest absolute Gasteiger partial charge is 0.445 e. The van der Waals surface area contributed by atoms with Crippen LogP contribution in [-0.4, -0.2) is 44.3 Å². The fourth-order valence-corrected chi connectivity index (χ4v) is 2.57. The molecule has 120 valence electrons. The van der Waals surface area contributed by atoms with Gasteiger partial charge in [-0.05, 0) is 5.56 Å². The van der Waals surface area contributed by atoms with Crippen LogP contribution in [0.25, 0.3) is 0 Å². The zero-order valence-electron chi connectivity index (χ0n) is 12.8. The highest BCUT2D eigenvalue weighted by Gasteiger charge is 2.46. The van der Waals surface area contributed by atoms with E-state index in [0.717, 1.165) is 5.56 Å². The van der Waals surface area contributed by atoms with Crippen LogP contribution in [0.15, 0.2) is 30.3 Å². The second-order valence-corrected chi connectivity index (χ2v) is 5.45. The van der Waals surface area contributed by atoms with Crippen molar-refractivity contribution in [1.29, 1.82) is 0 Å². The first kappa shape index (κ1) is 16.5. The molecule has 2 rings (SSSR count). The second-order valence-electron chi connectivity index (χ2n) is 5.45. The average molecular weight is 307 g/mol. The number of hydrogen-bond acceptors (Lipinski definition) is 5. The lowest BCUT2D eigenvalue weighted by Gasteiger charge is -2.42. The average Bonchev–Trinajstić information content (AvgIpc) is 2.56. The minimum atomic E-state index is -1.18. The zero-order valence-corrected chi connectivity index (χ0v) is 12.8. The maximum absolute atomic E-state index is 12.0. The summed E-state index contributed by atoms with van der Waals surface area (Å²) in [7, 11) is 1.43. The van der Waals surface area contributed by atoms with E-state index in [-0.39, 0.29) is 19.1 Å². The highest BCUT2D eigenvalue weighted by atomic mass is 16.6. The number of alkyl carbamates (subject to hydrolysis) is 1. The van der Waals surface area contributed by atoms with Crippen molar-refractivity contribution >= 4 is 12.4 Å². The van der Waals surface area contributed by atoms with Crippen LogP contribution in [0.1, 0.15) is 12.5 Å². The normalized spacial score (nSPS) is 27.9. The summed E-state index contributed by atoms with van der Waals surface area (Å²) in [6, 6.07) is 8.89. The van der Waals surface area contributed by atoms with Gasteiger partial charge in [0.15, 0.2) is 11.9 Å². The molecule has 1 aromatic carbocycles. The number of carbonyl (C=O) groups excluding carboxylic acids is 2. The minimum absolute atomic E-state index is 0.0665. The summed E-state index contributed by atoms with van der Waals surface area (Å²) in [6.07, 6.45) is 0.107. The summed E-state index contributed by atoms with van der Waals surface area (Å²) < 4.78 is 15.9. The van der Waals surface area contributed by atoms with Gasteiger partial charge in [0, 0.05) is 13.0 Å². The highest BCUT2D eigenvalue weighted by Crippen LogP contribution is 2.26. The van der Waals surface area contributed by atoms with E-state index in [0.29, 0.717) is 12.9 Å². The van der Waals surface area contributed by atoms with E-state index in [2.05, 4.69) is 5.32 Å². The molecule has 6 heteroatoms. The Morgan fingerprint density at radius 3 is 2.82 bits per heavy atom. The number of hydrogen-bond donors (Lipinski definition) is 1. The van der Waals surface area contributed by atoms with Crippen molar-refractivity contribution in [2.45, 2.75) is 25.2 Å². The number of methoxy groups -OCH3 is 1. The molecule has 0 aromatic heterocycles. The standard InChI is InChI=1S/C16H21NO5/c1-12-8-21-11-16(10-18,20-2)14(12)17-15(19)22-9-13-6-4-3-5-7-13/h3-7,10,12,14H,8-9,11H2,1-2H3,(H,17,19)/t12-,14-,16?/m0/s1. The van der Waals surface area contributed by atoms with Crippen LogP contribution in [0.5, 0.6) is 0 Å². The molecule has 1 heterocycles. The highest BCUT2D eigenvalue weighted by molar-refractivity contribution is 5.71. The van der Waals surface area contributed by atoms with Crippen molar-refractivity contribution in [3.63, 3.8) is 0 Å². The van der Waals surface area contributed by atoms with Gasteiger partial charge in [-0.1, -0.05) is 37.3 Å². The van der Waals surface area contributed by atoms with Gasteiger partial charge in [0.05, 0.1) is 19.3 Å². The summed E-state index contributed by atoms with van der Waals surface area (Å²) in [6.45, 7) is 2.62. The van der Waals surface area contributed by atoms with E-state index in [1.54, 1.807) is 0 Å². The summed E-state index contributed by atoms with van der Waals surface area (Å²) in [4.78, 5) is 23.4. The number of amides is 1. The first-order chi connectivity index (χ1) is 10.6. The molecule has 1 aliphatic rings. The third-order valence-electron chi connectivity index (χ3n) is 3.87. The number of ether oxygens (including phenoxy) is 3. The first-order valence-electron chi connectivity index (χ1n) is 7.18. The van der Waals surface area contributed by atoms with E-state index >= 15 is 0 Å². The van der Waals surface area contributed by atoms with Crippen molar-refractivity contribution in [3.8, 4) is 0 Å². The molecule has 1 saturated heterocycles. The van der Waals surface area contributed by atoms with Crippen LogP contribution < -0.4 is 5.32 Å². The maximum Gasteiger partial charge on any atom is 0.407 e. The van der Waals surface area contributed by atoms with E-state index < -0.39 is 17.7 Å². The summed E-state index contributed by atoms with van der Waals surface area (Å²) in [5.41, 5.74) is -0.283. The predicted molar refractivity (Wildman–Crippen MR) is 79.3 cm³/mol. The molecule has 6 nitrogen and oxygen atoms in total. The molecule has 1 unspecified atom stereocenters. The fourth-order valence-electron chi connectivity index (χ4n) is 2.57. The van der Waals surface area contributed by atoms with Crippen molar-refractivity contribution in [1.82, 2.24) is 5.32 Å². The van der Waals surface area contributed by atoms with E-state index in [9.17, 15) is 9.59 Å².